The zero-order chi connectivity index (χ0) is 23.3. The predicted octanol–water partition coefficient (Wildman–Crippen LogP) is 3.56. The summed E-state index contributed by atoms with van der Waals surface area (Å²) < 4.78 is 10.6. The van der Waals surface area contributed by atoms with Gasteiger partial charge in [-0.3, -0.25) is 14.8 Å². The van der Waals surface area contributed by atoms with Crippen LogP contribution in [0.2, 0.25) is 0 Å². The SMILES string of the molecule is COc1ccc(C(=O)Nc2cn[nH]c2-c2ncc(-c3ccc(CN4CCOCC4)cc3)[nH]2)cc1. The van der Waals surface area contributed by atoms with Crippen molar-refractivity contribution in [2.45, 2.75) is 6.54 Å². The molecule has 1 fully saturated rings. The molecule has 1 saturated heterocycles. The third-order valence-electron chi connectivity index (χ3n) is 5.83. The number of anilines is 1. The average Bonchev–Trinajstić information content (AvgIpc) is 3.55. The van der Waals surface area contributed by atoms with Gasteiger partial charge >= 0.3 is 0 Å². The Morgan fingerprint density at radius 3 is 2.59 bits per heavy atom. The molecule has 2 aromatic heterocycles. The summed E-state index contributed by atoms with van der Waals surface area (Å²) in [5.74, 6) is 1.04. The Balaban J connectivity index is 1.27. The van der Waals surface area contributed by atoms with E-state index < -0.39 is 0 Å². The Morgan fingerprint density at radius 2 is 1.85 bits per heavy atom. The van der Waals surface area contributed by atoms with Crippen LogP contribution in [0.5, 0.6) is 5.75 Å². The Labute approximate surface area is 197 Å². The summed E-state index contributed by atoms with van der Waals surface area (Å²) in [6.07, 6.45) is 3.35. The summed E-state index contributed by atoms with van der Waals surface area (Å²) in [5.41, 5.74) is 4.86. The molecule has 3 heterocycles. The minimum atomic E-state index is -0.243. The van der Waals surface area contributed by atoms with Crippen LogP contribution in [-0.2, 0) is 11.3 Å². The molecule has 174 valence electrons. The van der Waals surface area contributed by atoms with Crippen molar-refractivity contribution in [1.82, 2.24) is 25.1 Å². The highest BCUT2D eigenvalue weighted by Gasteiger charge is 2.16. The number of ether oxygens (including phenoxy) is 2. The summed E-state index contributed by atoms with van der Waals surface area (Å²) in [7, 11) is 1.59. The molecule has 0 radical (unpaired) electrons. The van der Waals surface area contributed by atoms with E-state index in [1.165, 1.54) is 5.56 Å². The second-order valence-electron chi connectivity index (χ2n) is 8.07. The Kier molecular flexibility index (Phi) is 6.37. The van der Waals surface area contributed by atoms with Crippen LogP contribution in [0.4, 0.5) is 5.69 Å². The van der Waals surface area contributed by atoms with Gasteiger partial charge in [0.25, 0.3) is 5.91 Å². The summed E-state index contributed by atoms with van der Waals surface area (Å²) in [6.45, 7) is 4.44. The van der Waals surface area contributed by atoms with Crippen molar-refractivity contribution in [2.75, 3.05) is 38.7 Å². The van der Waals surface area contributed by atoms with Crippen molar-refractivity contribution in [3.05, 3.63) is 72.1 Å². The first kappa shape index (κ1) is 21.9. The maximum absolute atomic E-state index is 12.7. The Morgan fingerprint density at radius 1 is 1.09 bits per heavy atom. The first-order valence-corrected chi connectivity index (χ1v) is 11.1. The highest BCUT2D eigenvalue weighted by Crippen LogP contribution is 2.27. The first-order chi connectivity index (χ1) is 16.7. The summed E-state index contributed by atoms with van der Waals surface area (Å²) in [4.78, 5) is 22.9. The van der Waals surface area contributed by atoms with Gasteiger partial charge < -0.3 is 19.8 Å². The lowest BCUT2D eigenvalue weighted by Crippen LogP contribution is -2.35. The molecule has 0 atom stereocenters. The number of amides is 1. The van der Waals surface area contributed by atoms with Gasteiger partial charge in [-0.05, 0) is 35.4 Å². The third-order valence-corrected chi connectivity index (χ3v) is 5.83. The number of nitrogens with zero attached hydrogens (tertiary/aromatic N) is 3. The van der Waals surface area contributed by atoms with Gasteiger partial charge in [0, 0.05) is 25.2 Å². The Bertz CT molecular complexity index is 1240. The maximum atomic E-state index is 12.7. The number of aromatic nitrogens is 4. The van der Waals surface area contributed by atoms with Crippen molar-refractivity contribution in [3.8, 4) is 28.5 Å². The number of aromatic amines is 2. The normalized spacial score (nSPS) is 14.1. The van der Waals surface area contributed by atoms with Crippen molar-refractivity contribution in [2.24, 2.45) is 0 Å². The first-order valence-electron chi connectivity index (χ1n) is 11.1. The van der Waals surface area contributed by atoms with Crippen molar-refractivity contribution >= 4 is 11.6 Å². The highest BCUT2D eigenvalue weighted by molar-refractivity contribution is 6.05. The molecule has 1 aliphatic rings. The van der Waals surface area contributed by atoms with E-state index in [1.54, 1.807) is 43.8 Å². The number of hydrogen-bond acceptors (Lipinski definition) is 6. The van der Waals surface area contributed by atoms with Crippen LogP contribution in [0.1, 0.15) is 15.9 Å². The molecule has 9 heteroatoms. The fourth-order valence-corrected chi connectivity index (χ4v) is 3.90. The molecule has 1 amide bonds. The lowest BCUT2D eigenvalue weighted by Gasteiger charge is -2.26. The quantitative estimate of drug-likeness (QED) is 0.391. The van der Waals surface area contributed by atoms with E-state index in [0.717, 1.165) is 44.1 Å². The predicted molar refractivity (Wildman–Crippen MR) is 129 cm³/mol. The molecule has 0 unspecified atom stereocenters. The zero-order valence-electron chi connectivity index (χ0n) is 18.9. The monoisotopic (exact) mass is 458 g/mol. The van der Waals surface area contributed by atoms with Gasteiger partial charge in [-0.2, -0.15) is 5.10 Å². The van der Waals surface area contributed by atoms with E-state index in [-0.39, 0.29) is 5.91 Å². The number of rotatable bonds is 7. The summed E-state index contributed by atoms with van der Waals surface area (Å²) in [5, 5.41) is 9.90. The molecular formula is C25H26N6O3. The molecule has 2 aromatic carbocycles. The average molecular weight is 459 g/mol. The second kappa shape index (κ2) is 9.90. The van der Waals surface area contributed by atoms with E-state index in [0.29, 0.717) is 28.5 Å². The number of carbonyl (C=O) groups is 1. The van der Waals surface area contributed by atoms with Gasteiger partial charge in [0.1, 0.15) is 11.4 Å². The summed E-state index contributed by atoms with van der Waals surface area (Å²) in [6, 6.07) is 15.4. The van der Waals surface area contributed by atoms with Crippen LogP contribution in [0.3, 0.4) is 0 Å². The van der Waals surface area contributed by atoms with E-state index in [9.17, 15) is 4.79 Å². The van der Waals surface area contributed by atoms with Gasteiger partial charge in [-0.1, -0.05) is 24.3 Å². The molecule has 5 rings (SSSR count). The number of carbonyl (C=O) groups excluding carboxylic acids is 1. The molecule has 9 nitrogen and oxygen atoms in total. The number of H-pyrrole nitrogens is 2. The van der Waals surface area contributed by atoms with Crippen LogP contribution in [0, 0.1) is 0 Å². The molecular weight excluding hydrogens is 432 g/mol. The van der Waals surface area contributed by atoms with Crippen molar-refractivity contribution < 1.29 is 14.3 Å². The molecule has 0 saturated carbocycles. The van der Waals surface area contributed by atoms with Crippen molar-refractivity contribution in [1.29, 1.82) is 0 Å². The van der Waals surface area contributed by atoms with Gasteiger partial charge in [0.05, 0.1) is 44.1 Å². The topological polar surface area (TPSA) is 108 Å². The van der Waals surface area contributed by atoms with Crippen molar-refractivity contribution in [3.63, 3.8) is 0 Å². The fraction of sp³-hybridized carbons (Fsp3) is 0.240. The van der Waals surface area contributed by atoms with E-state index in [4.69, 9.17) is 9.47 Å². The number of methoxy groups -OCH3 is 1. The van der Waals surface area contributed by atoms with E-state index >= 15 is 0 Å². The molecule has 1 aliphatic heterocycles. The number of hydrogen-bond donors (Lipinski definition) is 3. The van der Waals surface area contributed by atoms with Crippen LogP contribution in [0.25, 0.3) is 22.8 Å². The highest BCUT2D eigenvalue weighted by atomic mass is 16.5. The lowest BCUT2D eigenvalue weighted by molar-refractivity contribution is 0.0342. The van der Waals surface area contributed by atoms with Crippen LogP contribution in [-0.4, -0.2) is 64.4 Å². The molecule has 0 spiro atoms. The molecule has 0 bridgehead atoms. The zero-order valence-corrected chi connectivity index (χ0v) is 18.9. The minimum Gasteiger partial charge on any atom is -0.497 e. The molecule has 34 heavy (non-hydrogen) atoms. The van der Waals surface area contributed by atoms with E-state index in [1.807, 2.05) is 0 Å². The lowest BCUT2D eigenvalue weighted by atomic mass is 10.1. The fourth-order valence-electron chi connectivity index (χ4n) is 3.90. The maximum Gasteiger partial charge on any atom is 0.255 e. The van der Waals surface area contributed by atoms with Gasteiger partial charge in [-0.15, -0.1) is 0 Å². The number of imidazole rings is 1. The van der Waals surface area contributed by atoms with Gasteiger partial charge in [0.2, 0.25) is 0 Å². The van der Waals surface area contributed by atoms with Crippen LogP contribution >= 0.6 is 0 Å². The van der Waals surface area contributed by atoms with E-state index in [2.05, 4.69) is 54.6 Å². The molecule has 4 aromatic rings. The summed E-state index contributed by atoms with van der Waals surface area (Å²) >= 11 is 0. The molecule has 3 N–H and O–H groups in total. The molecule has 0 aliphatic carbocycles. The standard InChI is InChI=1S/C25H26N6O3/c1-33-20-8-6-19(7-9-20)25(32)29-22-15-27-30-23(22)24-26-14-21(28-24)18-4-2-17(3-5-18)16-31-10-12-34-13-11-31/h2-9,14-15H,10-13,16H2,1H3,(H,26,28)(H,27,30)(H,29,32). The minimum absolute atomic E-state index is 0.243. The van der Waals surface area contributed by atoms with Crippen LogP contribution in [0.15, 0.2) is 60.9 Å². The smallest absolute Gasteiger partial charge is 0.255 e. The van der Waals surface area contributed by atoms with Crippen LogP contribution < -0.4 is 10.1 Å². The largest absolute Gasteiger partial charge is 0.497 e. The Hall–Kier alpha value is -3.95. The van der Waals surface area contributed by atoms with Gasteiger partial charge in [0.15, 0.2) is 5.82 Å². The van der Waals surface area contributed by atoms with Gasteiger partial charge in [-0.25, -0.2) is 4.98 Å². The number of nitrogens with one attached hydrogen (secondary N) is 3. The number of benzene rings is 2. The second-order valence-corrected chi connectivity index (χ2v) is 8.07. The number of morpholine rings is 1. The third kappa shape index (κ3) is 4.85.